The second-order valence-corrected chi connectivity index (χ2v) is 7.79. The summed E-state index contributed by atoms with van der Waals surface area (Å²) in [5.74, 6) is -0.616. The molecule has 4 aromatic rings. The zero-order chi connectivity index (χ0) is 22.9. The monoisotopic (exact) mass is 429 g/mol. The Morgan fingerprint density at radius 2 is 1.62 bits per heavy atom. The van der Waals surface area contributed by atoms with Gasteiger partial charge in [-0.25, -0.2) is 4.79 Å². The average Bonchev–Trinajstić information content (AvgIpc) is 2.81. The zero-order valence-electron chi connectivity index (χ0n) is 18.0. The Labute approximate surface area is 184 Å². The minimum atomic E-state index is -1.93. The van der Waals surface area contributed by atoms with E-state index in [-0.39, 0.29) is 0 Å². The van der Waals surface area contributed by atoms with Crippen LogP contribution in [0.5, 0.6) is 0 Å². The Balaban J connectivity index is 1.77. The molecule has 1 unspecified atom stereocenters. The number of aryl methyl sites for hydroxylation is 1. The molecule has 2 N–H and O–H groups in total. The number of nitrogens with zero attached hydrogens (tertiary/aromatic N) is 2. The van der Waals surface area contributed by atoms with Crippen molar-refractivity contribution in [1.29, 1.82) is 0 Å². The lowest BCUT2D eigenvalue weighted by molar-refractivity contribution is -0.131. The fourth-order valence-electron chi connectivity index (χ4n) is 3.64. The van der Waals surface area contributed by atoms with Crippen LogP contribution in [-0.4, -0.2) is 30.3 Å². The van der Waals surface area contributed by atoms with Crippen LogP contribution in [0.2, 0.25) is 0 Å². The number of hydrogen-bond donors (Lipinski definition) is 2. The molecule has 7 heteroatoms. The van der Waals surface area contributed by atoms with Crippen molar-refractivity contribution in [2.24, 2.45) is 0 Å². The van der Waals surface area contributed by atoms with Crippen molar-refractivity contribution in [2.75, 3.05) is 24.3 Å². The Hall–Kier alpha value is -3.97. The van der Waals surface area contributed by atoms with Gasteiger partial charge in [0.2, 0.25) is 0 Å². The molecule has 0 bridgehead atoms. The molecule has 1 heterocycles. The number of carbonyl (C=O) groups is 1. The topological polar surface area (TPSA) is 95.7 Å². The highest BCUT2D eigenvalue weighted by Gasteiger charge is 2.40. The molecule has 1 aromatic heterocycles. The van der Waals surface area contributed by atoms with E-state index in [0.717, 1.165) is 5.69 Å². The molecule has 0 saturated heterocycles. The molecular weight excluding hydrogens is 406 g/mol. The largest absolute Gasteiger partial charge is 0.378 e. The van der Waals surface area contributed by atoms with Crippen LogP contribution in [0.3, 0.4) is 0 Å². The molecule has 0 radical (unpaired) electrons. The Kier molecular flexibility index (Phi) is 5.50. The van der Waals surface area contributed by atoms with E-state index in [1.807, 2.05) is 37.2 Å². The minimum absolute atomic E-state index is 0.369. The molecule has 1 atom stereocenters. The maximum atomic E-state index is 13.5. The van der Waals surface area contributed by atoms with Gasteiger partial charge in [0, 0.05) is 30.9 Å². The zero-order valence-corrected chi connectivity index (χ0v) is 18.0. The van der Waals surface area contributed by atoms with E-state index < -0.39 is 17.1 Å². The summed E-state index contributed by atoms with van der Waals surface area (Å²) in [7, 11) is 3.84. The highest BCUT2D eigenvalue weighted by Crippen LogP contribution is 2.32. The number of amides is 1. The van der Waals surface area contributed by atoms with Crippen LogP contribution in [0.15, 0.2) is 82.1 Å². The first-order chi connectivity index (χ1) is 15.3. The molecule has 32 heavy (non-hydrogen) atoms. The lowest BCUT2D eigenvalue weighted by atomic mass is 9.85. The van der Waals surface area contributed by atoms with Gasteiger partial charge < -0.3 is 19.8 Å². The molecule has 1 amide bonds. The van der Waals surface area contributed by atoms with Crippen molar-refractivity contribution in [2.45, 2.75) is 12.5 Å². The maximum Gasteiger partial charge on any atom is 0.366 e. The van der Waals surface area contributed by atoms with Crippen molar-refractivity contribution < 1.29 is 14.4 Å². The van der Waals surface area contributed by atoms with Gasteiger partial charge in [0.15, 0.2) is 5.60 Å². The van der Waals surface area contributed by atoms with E-state index in [0.29, 0.717) is 33.3 Å². The predicted octanol–water partition coefficient (Wildman–Crippen LogP) is 3.44. The molecule has 0 saturated carbocycles. The molecular formula is C25H23N3O4. The van der Waals surface area contributed by atoms with Gasteiger partial charge in [-0.2, -0.15) is 0 Å². The summed E-state index contributed by atoms with van der Waals surface area (Å²) in [5, 5.41) is 19.2. The predicted molar refractivity (Wildman–Crippen MR) is 124 cm³/mol. The molecule has 7 nitrogen and oxygen atoms in total. The van der Waals surface area contributed by atoms with Crippen LogP contribution in [0.4, 0.5) is 11.4 Å². The third-order valence-corrected chi connectivity index (χ3v) is 5.47. The second kappa shape index (κ2) is 8.28. The van der Waals surface area contributed by atoms with E-state index >= 15 is 0 Å². The third-order valence-electron chi connectivity index (χ3n) is 5.47. The maximum absolute atomic E-state index is 13.5. The van der Waals surface area contributed by atoms with Crippen molar-refractivity contribution in [3.63, 3.8) is 0 Å². The van der Waals surface area contributed by atoms with Crippen molar-refractivity contribution in [1.82, 2.24) is 5.16 Å². The van der Waals surface area contributed by atoms with Gasteiger partial charge in [-0.15, -0.1) is 0 Å². The minimum Gasteiger partial charge on any atom is -0.378 e. The van der Waals surface area contributed by atoms with Gasteiger partial charge in [-0.05, 0) is 48.4 Å². The Morgan fingerprint density at radius 3 is 2.28 bits per heavy atom. The quantitative estimate of drug-likeness (QED) is 0.505. The Bertz CT molecular complexity index is 1330. The number of rotatable bonds is 5. The van der Waals surface area contributed by atoms with Crippen LogP contribution < -0.4 is 15.8 Å². The van der Waals surface area contributed by atoms with E-state index in [1.165, 1.54) is 0 Å². The number of fused-ring (bicyclic) bond motifs is 1. The fraction of sp³-hybridized carbons (Fsp3) is 0.160. The third kappa shape index (κ3) is 3.74. The van der Waals surface area contributed by atoms with Gasteiger partial charge in [0.05, 0.1) is 11.1 Å². The standard InChI is InChI=1S/C25H23N3O4/c1-16-22-15-19(11-14-21(22)23(29)32-27-16)26-24(30)25(31,17-7-5-4-6-8-17)18-9-12-20(13-10-18)28(2)3/h4-15,31H,1-3H3,(H,26,30). The van der Waals surface area contributed by atoms with Crippen LogP contribution >= 0.6 is 0 Å². The lowest BCUT2D eigenvalue weighted by Crippen LogP contribution is -2.41. The Morgan fingerprint density at radius 1 is 0.969 bits per heavy atom. The van der Waals surface area contributed by atoms with Crippen LogP contribution in [0.1, 0.15) is 16.8 Å². The molecule has 162 valence electrons. The second-order valence-electron chi connectivity index (χ2n) is 7.79. The van der Waals surface area contributed by atoms with E-state index in [2.05, 4.69) is 10.5 Å². The van der Waals surface area contributed by atoms with Crippen molar-refractivity contribution in [3.05, 3.63) is 100 Å². The van der Waals surface area contributed by atoms with Crippen LogP contribution in [0, 0.1) is 6.92 Å². The lowest BCUT2D eigenvalue weighted by Gasteiger charge is -2.28. The van der Waals surface area contributed by atoms with Gasteiger partial charge in [-0.1, -0.05) is 47.6 Å². The molecule has 0 aliphatic carbocycles. The summed E-state index contributed by atoms with van der Waals surface area (Å²) in [5.41, 5.74) is 0.293. The summed E-state index contributed by atoms with van der Waals surface area (Å²) >= 11 is 0. The van der Waals surface area contributed by atoms with Crippen LogP contribution in [-0.2, 0) is 10.4 Å². The summed E-state index contributed by atoms with van der Waals surface area (Å²) in [6.45, 7) is 1.71. The van der Waals surface area contributed by atoms with E-state index in [1.54, 1.807) is 61.5 Å². The number of carbonyl (C=O) groups excluding carboxylic acids is 1. The summed E-state index contributed by atoms with van der Waals surface area (Å²) in [6, 6.07) is 20.8. The molecule has 0 aliphatic rings. The number of nitrogens with one attached hydrogen (secondary N) is 1. The summed E-state index contributed by atoms with van der Waals surface area (Å²) < 4.78 is 4.75. The number of aromatic nitrogens is 1. The van der Waals surface area contributed by atoms with Gasteiger partial charge in [-0.3, -0.25) is 4.79 Å². The number of benzene rings is 3. The average molecular weight is 429 g/mol. The van der Waals surface area contributed by atoms with Gasteiger partial charge in [0.25, 0.3) is 5.91 Å². The first-order valence-corrected chi connectivity index (χ1v) is 10.1. The smallest absolute Gasteiger partial charge is 0.366 e. The van der Waals surface area contributed by atoms with Crippen molar-refractivity contribution >= 4 is 28.1 Å². The van der Waals surface area contributed by atoms with E-state index in [4.69, 9.17) is 4.52 Å². The number of aliphatic hydroxyl groups is 1. The fourth-order valence-corrected chi connectivity index (χ4v) is 3.64. The van der Waals surface area contributed by atoms with Gasteiger partial charge >= 0.3 is 5.63 Å². The highest BCUT2D eigenvalue weighted by molar-refractivity contribution is 6.01. The summed E-state index contributed by atoms with van der Waals surface area (Å²) in [4.78, 5) is 27.3. The molecule has 0 fully saturated rings. The number of anilines is 2. The number of hydrogen-bond acceptors (Lipinski definition) is 6. The molecule has 0 aliphatic heterocycles. The normalized spacial score (nSPS) is 12.9. The SMILES string of the molecule is Cc1noc(=O)c2ccc(NC(=O)C(O)(c3ccccc3)c3ccc(N(C)C)cc3)cc12. The first kappa shape index (κ1) is 21.3. The molecule has 3 aromatic carbocycles. The van der Waals surface area contributed by atoms with Crippen molar-refractivity contribution in [3.8, 4) is 0 Å². The van der Waals surface area contributed by atoms with Gasteiger partial charge in [0.1, 0.15) is 0 Å². The van der Waals surface area contributed by atoms with Crippen LogP contribution in [0.25, 0.3) is 10.8 Å². The molecule has 4 rings (SSSR count). The highest BCUT2D eigenvalue weighted by atomic mass is 16.5. The van der Waals surface area contributed by atoms with E-state index in [9.17, 15) is 14.7 Å². The summed E-state index contributed by atoms with van der Waals surface area (Å²) in [6.07, 6.45) is 0. The first-order valence-electron chi connectivity index (χ1n) is 10.1. The molecule has 0 spiro atoms.